The molecule has 0 bridgehead atoms. The Morgan fingerprint density at radius 2 is 2.21 bits per heavy atom. The molecule has 1 aliphatic heterocycles. The molecule has 1 atom stereocenters. The van der Waals surface area contributed by atoms with E-state index in [1.807, 2.05) is 17.5 Å². The third-order valence-corrected chi connectivity index (χ3v) is 5.59. The van der Waals surface area contributed by atoms with Crippen molar-refractivity contribution in [2.24, 2.45) is 0 Å². The van der Waals surface area contributed by atoms with Gasteiger partial charge in [0.2, 0.25) is 0 Å². The van der Waals surface area contributed by atoms with Gasteiger partial charge in [0.05, 0.1) is 18.3 Å². The lowest BCUT2D eigenvalue weighted by atomic mass is 10.1. The van der Waals surface area contributed by atoms with Crippen LogP contribution < -0.4 is 15.4 Å². The zero-order valence-electron chi connectivity index (χ0n) is 15.0. The molecule has 148 valence electrons. The van der Waals surface area contributed by atoms with E-state index in [0.29, 0.717) is 22.3 Å². The number of carbonyl (C=O) groups is 2. The molecule has 10 heteroatoms. The Balaban J connectivity index is 1.67. The molecule has 0 saturated carbocycles. The van der Waals surface area contributed by atoms with E-state index in [9.17, 15) is 14.7 Å². The molecule has 0 spiro atoms. The molecule has 1 aliphatic rings. The molecule has 1 amide bonds. The minimum Gasteiger partial charge on any atom is -0.495 e. The number of carboxylic acid groups (broad SMARTS) is 1. The molecule has 3 heterocycles. The fraction of sp³-hybridized carbons (Fsp3) is 0.105. The highest BCUT2D eigenvalue weighted by atomic mass is 35.5. The van der Waals surface area contributed by atoms with E-state index in [0.717, 1.165) is 4.88 Å². The lowest BCUT2D eigenvalue weighted by molar-refractivity contribution is -0.132. The van der Waals surface area contributed by atoms with E-state index in [1.165, 1.54) is 24.6 Å². The van der Waals surface area contributed by atoms with Crippen molar-refractivity contribution >= 4 is 46.3 Å². The fourth-order valence-corrected chi connectivity index (χ4v) is 4.03. The van der Waals surface area contributed by atoms with Crippen LogP contribution in [0, 0.1) is 0 Å². The van der Waals surface area contributed by atoms with Crippen molar-refractivity contribution in [3.63, 3.8) is 0 Å². The number of carbonyl (C=O) groups excluding carboxylic acids is 1. The minimum absolute atomic E-state index is 0.0158. The van der Waals surface area contributed by atoms with Gasteiger partial charge in [-0.1, -0.05) is 17.7 Å². The molecule has 0 aliphatic carbocycles. The number of halogens is 1. The molecule has 0 saturated heterocycles. The quantitative estimate of drug-likeness (QED) is 0.568. The van der Waals surface area contributed by atoms with Crippen LogP contribution in [-0.4, -0.2) is 33.9 Å². The molecule has 0 fully saturated rings. The van der Waals surface area contributed by atoms with Gasteiger partial charge >= 0.3 is 5.97 Å². The summed E-state index contributed by atoms with van der Waals surface area (Å²) in [6, 6.07) is 8.21. The Labute approximate surface area is 174 Å². The van der Waals surface area contributed by atoms with E-state index in [4.69, 9.17) is 16.3 Å². The van der Waals surface area contributed by atoms with Gasteiger partial charge in [0.15, 0.2) is 0 Å². The summed E-state index contributed by atoms with van der Waals surface area (Å²) in [6.45, 7) is 0. The highest BCUT2D eigenvalue weighted by Gasteiger charge is 2.29. The van der Waals surface area contributed by atoms with Crippen LogP contribution in [0.2, 0.25) is 5.02 Å². The number of aromatic nitrogens is 2. The van der Waals surface area contributed by atoms with Crippen molar-refractivity contribution in [3.05, 3.63) is 69.1 Å². The highest BCUT2D eigenvalue weighted by Crippen LogP contribution is 2.34. The zero-order chi connectivity index (χ0) is 20.5. The number of allylic oxidation sites excluding steroid dienone is 1. The summed E-state index contributed by atoms with van der Waals surface area (Å²) in [6.07, 6.45) is 2.97. The number of hydrogen-bond acceptors (Lipinski definition) is 6. The third kappa shape index (κ3) is 3.57. The topological polar surface area (TPSA) is 105 Å². The largest absolute Gasteiger partial charge is 0.495 e. The summed E-state index contributed by atoms with van der Waals surface area (Å²) in [4.78, 5) is 25.3. The van der Waals surface area contributed by atoms with Crippen molar-refractivity contribution in [2.45, 2.75) is 6.04 Å². The Morgan fingerprint density at radius 3 is 2.86 bits per heavy atom. The Kier molecular flexibility index (Phi) is 4.99. The summed E-state index contributed by atoms with van der Waals surface area (Å²) >= 11 is 7.59. The second-order valence-corrected chi connectivity index (χ2v) is 7.51. The molecule has 4 rings (SSSR count). The van der Waals surface area contributed by atoms with E-state index in [-0.39, 0.29) is 11.3 Å². The molecule has 29 heavy (non-hydrogen) atoms. The van der Waals surface area contributed by atoms with Gasteiger partial charge in [-0.15, -0.1) is 11.3 Å². The fourth-order valence-electron chi connectivity index (χ4n) is 2.99. The normalized spacial score (nSPS) is 15.1. The SMILES string of the molecule is COc1ccc(NC(=O)c2cnn3c2NC(C(=O)O)=C[C@@H]3c2cccs2)cc1Cl. The van der Waals surface area contributed by atoms with Crippen molar-refractivity contribution in [2.75, 3.05) is 17.7 Å². The molecule has 2 aromatic heterocycles. The van der Waals surface area contributed by atoms with E-state index >= 15 is 0 Å². The first-order chi connectivity index (χ1) is 14.0. The van der Waals surface area contributed by atoms with Gasteiger partial charge in [0.25, 0.3) is 5.91 Å². The number of anilines is 2. The number of aliphatic carboxylic acids is 1. The second kappa shape index (κ2) is 7.61. The Hall–Kier alpha value is -3.30. The van der Waals surface area contributed by atoms with Crippen LogP contribution in [0.15, 0.2) is 53.7 Å². The molecule has 0 unspecified atom stereocenters. The number of carboxylic acids is 1. The van der Waals surface area contributed by atoms with Crippen LogP contribution >= 0.6 is 22.9 Å². The average Bonchev–Trinajstić information content (AvgIpc) is 3.37. The van der Waals surface area contributed by atoms with Gasteiger partial charge in [0, 0.05) is 10.6 Å². The van der Waals surface area contributed by atoms with Gasteiger partial charge in [-0.3, -0.25) is 4.79 Å². The molecule has 0 radical (unpaired) electrons. The number of thiophene rings is 1. The van der Waals surface area contributed by atoms with E-state index in [2.05, 4.69) is 15.7 Å². The van der Waals surface area contributed by atoms with Crippen LogP contribution in [0.1, 0.15) is 21.3 Å². The van der Waals surface area contributed by atoms with Crippen LogP contribution in [0.3, 0.4) is 0 Å². The van der Waals surface area contributed by atoms with Gasteiger partial charge in [-0.25, -0.2) is 9.48 Å². The van der Waals surface area contributed by atoms with Crippen LogP contribution in [0.5, 0.6) is 5.75 Å². The predicted molar refractivity (Wildman–Crippen MR) is 110 cm³/mol. The molecule has 8 nitrogen and oxygen atoms in total. The predicted octanol–water partition coefficient (Wildman–Crippen LogP) is 3.84. The van der Waals surface area contributed by atoms with Crippen LogP contribution in [0.4, 0.5) is 11.5 Å². The van der Waals surface area contributed by atoms with Crippen molar-refractivity contribution in [1.82, 2.24) is 9.78 Å². The molecular weight excluding hydrogens is 416 g/mol. The number of hydrogen-bond donors (Lipinski definition) is 3. The van der Waals surface area contributed by atoms with Crippen molar-refractivity contribution < 1.29 is 19.4 Å². The second-order valence-electron chi connectivity index (χ2n) is 6.13. The number of amides is 1. The Morgan fingerprint density at radius 1 is 1.38 bits per heavy atom. The monoisotopic (exact) mass is 430 g/mol. The summed E-state index contributed by atoms with van der Waals surface area (Å²) in [7, 11) is 1.50. The summed E-state index contributed by atoms with van der Waals surface area (Å²) in [5, 5.41) is 21.6. The summed E-state index contributed by atoms with van der Waals surface area (Å²) < 4.78 is 6.70. The van der Waals surface area contributed by atoms with Crippen LogP contribution in [0.25, 0.3) is 0 Å². The molecular formula is C19H15ClN4O4S. The maximum atomic E-state index is 12.8. The third-order valence-electron chi connectivity index (χ3n) is 4.36. The number of fused-ring (bicyclic) bond motifs is 1. The number of rotatable bonds is 5. The Bertz CT molecular complexity index is 1120. The lowest BCUT2D eigenvalue weighted by Crippen LogP contribution is -2.25. The lowest BCUT2D eigenvalue weighted by Gasteiger charge is -2.23. The van der Waals surface area contributed by atoms with Gasteiger partial charge in [-0.2, -0.15) is 5.10 Å². The number of nitrogens with one attached hydrogen (secondary N) is 2. The maximum absolute atomic E-state index is 12.8. The highest BCUT2D eigenvalue weighted by molar-refractivity contribution is 7.10. The number of ether oxygens (including phenoxy) is 1. The van der Waals surface area contributed by atoms with Gasteiger partial charge in [0.1, 0.15) is 28.9 Å². The molecule has 3 aromatic rings. The van der Waals surface area contributed by atoms with Crippen molar-refractivity contribution in [1.29, 1.82) is 0 Å². The van der Waals surface area contributed by atoms with Gasteiger partial charge in [-0.05, 0) is 35.7 Å². The first-order valence-corrected chi connectivity index (χ1v) is 9.71. The summed E-state index contributed by atoms with van der Waals surface area (Å²) in [5.74, 6) is -0.770. The standard InChI is InChI=1S/C19H15ClN4O4S/c1-28-15-5-4-10(7-12(15)20)22-18(25)11-9-21-24-14(16-3-2-6-29-16)8-13(19(26)27)23-17(11)24/h2-9,14,23H,1H3,(H,22,25)(H,26,27)/t14-/m1/s1. The smallest absolute Gasteiger partial charge is 0.352 e. The maximum Gasteiger partial charge on any atom is 0.352 e. The van der Waals surface area contributed by atoms with Crippen LogP contribution in [-0.2, 0) is 4.79 Å². The summed E-state index contributed by atoms with van der Waals surface area (Å²) in [5.41, 5.74) is 0.670. The average molecular weight is 431 g/mol. The van der Waals surface area contributed by atoms with E-state index in [1.54, 1.807) is 29.0 Å². The first-order valence-electron chi connectivity index (χ1n) is 8.46. The number of nitrogens with zero attached hydrogens (tertiary/aromatic N) is 2. The molecule has 3 N–H and O–H groups in total. The molecule has 1 aromatic carbocycles. The zero-order valence-corrected chi connectivity index (χ0v) is 16.6. The first kappa shape index (κ1) is 19.0. The van der Waals surface area contributed by atoms with Gasteiger partial charge < -0.3 is 20.5 Å². The minimum atomic E-state index is -1.12. The van der Waals surface area contributed by atoms with E-state index < -0.39 is 17.9 Å². The number of benzene rings is 1. The number of methoxy groups -OCH3 is 1. The van der Waals surface area contributed by atoms with Crippen molar-refractivity contribution in [3.8, 4) is 5.75 Å².